The standard InChI is InChI=1S/C3H9N.C2H7P.C2H6/c1-3-4-2;1-3-2;1-2/h4H,3H2,1-2H3;3H,1-2H3;1-2H3. The summed E-state index contributed by atoms with van der Waals surface area (Å²) < 4.78 is 0. The molecule has 0 saturated heterocycles. The SMILES string of the molecule is CC.CCNC.CPC. The third-order valence-electron chi connectivity index (χ3n) is 0.354. The quantitative estimate of drug-likeness (QED) is 0.566. The molecule has 0 spiro atoms. The average molecular weight is 151 g/mol. The molecule has 0 heterocycles. The first-order valence-corrected chi connectivity index (χ1v) is 5.56. The van der Waals surface area contributed by atoms with Crippen LogP contribution in [0.15, 0.2) is 0 Å². The van der Waals surface area contributed by atoms with E-state index in [1.165, 1.54) is 0 Å². The van der Waals surface area contributed by atoms with Gasteiger partial charge in [0, 0.05) is 0 Å². The molecule has 0 bridgehead atoms. The summed E-state index contributed by atoms with van der Waals surface area (Å²) in [6.45, 7) is 11.4. The maximum atomic E-state index is 2.93. The molecule has 0 amide bonds. The lowest BCUT2D eigenvalue weighted by molar-refractivity contribution is 0.864. The van der Waals surface area contributed by atoms with Gasteiger partial charge in [0.2, 0.25) is 0 Å². The molecule has 0 fully saturated rings. The van der Waals surface area contributed by atoms with Gasteiger partial charge in [-0.15, -0.1) is 8.58 Å². The minimum atomic E-state index is 1.07. The van der Waals surface area contributed by atoms with Crippen LogP contribution in [0.3, 0.4) is 0 Å². The molecule has 0 aromatic carbocycles. The Bertz CT molecular complexity index is 16.4. The van der Waals surface area contributed by atoms with Crippen molar-refractivity contribution in [3.8, 4) is 0 Å². The van der Waals surface area contributed by atoms with E-state index in [0.717, 1.165) is 15.1 Å². The van der Waals surface area contributed by atoms with Crippen molar-refractivity contribution in [3.63, 3.8) is 0 Å². The summed E-state index contributed by atoms with van der Waals surface area (Å²) >= 11 is 0. The summed E-state index contributed by atoms with van der Waals surface area (Å²) in [6, 6.07) is 0. The summed E-state index contributed by atoms with van der Waals surface area (Å²) in [5, 5.41) is 2.93. The first kappa shape index (κ1) is 16.2. The molecule has 2 heteroatoms. The fraction of sp³-hybridized carbons (Fsp3) is 1.00. The van der Waals surface area contributed by atoms with Crippen LogP contribution >= 0.6 is 8.58 Å². The molecule has 0 aliphatic heterocycles. The van der Waals surface area contributed by atoms with E-state index >= 15 is 0 Å². The minimum absolute atomic E-state index is 1.07. The monoisotopic (exact) mass is 151 g/mol. The largest absolute Gasteiger partial charge is 0.320 e. The molecule has 0 rings (SSSR count). The summed E-state index contributed by atoms with van der Waals surface area (Å²) in [5.41, 5.74) is 0. The van der Waals surface area contributed by atoms with E-state index in [4.69, 9.17) is 0 Å². The molecule has 0 atom stereocenters. The highest BCUT2D eigenvalue weighted by atomic mass is 31.1. The Morgan fingerprint density at radius 2 is 1.33 bits per heavy atom. The summed E-state index contributed by atoms with van der Waals surface area (Å²) in [6.07, 6.45) is 0. The molecule has 0 aromatic rings. The van der Waals surface area contributed by atoms with Gasteiger partial charge in [0.25, 0.3) is 0 Å². The van der Waals surface area contributed by atoms with Gasteiger partial charge in [-0.1, -0.05) is 20.8 Å². The van der Waals surface area contributed by atoms with Crippen LogP contribution < -0.4 is 5.32 Å². The molecule has 0 aliphatic rings. The van der Waals surface area contributed by atoms with Crippen LogP contribution in [0.5, 0.6) is 0 Å². The van der Waals surface area contributed by atoms with Crippen molar-refractivity contribution < 1.29 is 0 Å². The van der Waals surface area contributed by atoms with Crippen LogP contribution in [0.1, 0.15) is 20.8 Å². The summed E-state index contributed by atoms with van der Waals surface area (Å²) in [7, 11) is 3.01. The highest BCUT2D eigenvalue weighted by Crippen LogP contribution is 1.84. The van der Waals surface area contributed by atoms with Gasteiger partial charge in [0.1, 0.15) is 0 Å². The van der Waals surface area contributed by atoms with Gasteiger partial charge in [-0.3, -0.25) is 0 Å². The second kappa shape index (κ2) is 39.9. The van der Waals surface area contributed by atoms with Gasteiger partial charge in [-0.25, -0.2) is 0 Å². The van der Waals surface area contributed by atoms with Crippen LogP contribution in [0, 0.1) is 0 Å². The van der Waals surface area contributed by atoms with Crippen LogP contribution in [0.25, 0.3) is 0 Å². The van der Waals surface area contributed by atoms with Gasteiger partial charge < -0.3 is 5.32 Å². The van der Waals surface area contributed by atoms with Crippen molar-refractivity contribution in [2.75, 3.05) is 26.9 Å². The van der Waals surface area contributed by atoms with E-state index in [-0.39, 0.29) is 0 Å². The summed E-state index contributed by atoms with van der Waals surface area (Å²) in [4.78, 5) is 0. The Kier molecular flexibility index (Phi) is 71.7. The number of hydrogen-bond donors (Lipinski definition) is 1. The highest BCUT2D eigenvalue weighted by Gasteiger charge is 1.50. The van der Waals surface area contributed by atoms with Gasteiger partial charge in [0.05, 0.1) is 0 Å². The normalized spacial score (nSPS) is 6.00. The van der Waals surface area contributed by atoms with Crippen molar-refractivity contribution in [3.05, 3.63) is 0 Å². The minimum Gasteiger partial charge on any atom is -0.320 e. The zero-order chi connectivity index (χ0) is 8.12. The maximum Gasteiger partial charge on any atom is -0.00804 e. The molecule has 60 valence electrons. The van der Waals surface area contributed by atoms with E-state index in [2.05, 4.69) is 25.6 Å². The summed E-state index contributed by atoms with van der Waals surface area (Å²) in [5.74, 6) is 0. The van der Waals surface area contributed by atoms with Crippen molar-refractivity contribution in [1.82, 2.24) is 5.32 Å². The maximum absolute atomic E-state index is 2.93. The zero-order valence-electron chi connectivity index (χ0n) is 7.71. The van der Waals surface area contributed by atoms with Crippen molar-refractivity contribution in [1.29, 1.82) is 0 Å². The predicted molar refractivity (Wildman–Crippen MR) is 51.1 cm³/mol. The molecule has 9 heavy (non-hydrogen) atoms. The Hall–Kier alpha value is 0.390. The molecule has 0 radical (unpaired) electrons. The third-order valence-corrected chi connectivity index (χ3v) is 0.354. The van der Waals surface area contributed by atoms with Crippen molar-refractivity contribution in [2.24, 2.45) is 0 Å². The highest BCUT2D eigenvalue weighted by molar-refractivity contribution is 7.35. The number of rotatable bonds is 1. The van der Waals surface area contributed by atoms with Crippen molar-refractivity contribution in [2.45, 2.75) is 20.8 Å². The molecule has 0 saturated carbocycles. The Morgan fingerprint density at radius 3 is 1.33 bits per heavy atom. The number of nitrogens with one attached hydrogen (secondary N) is 1. The zero-order valence-corrected chi connectivity index (χ0v) is 8.71. The van der Waals surface area contributed by atoms with Crippen molar-refractivity contribution >= 4 is 8.58 Å². The van der Waals surface area contributed by atoms with Crippen LogP contribution in [-0.4, -0.2) is 26.9 Å². The van der Waals surface area contributed by atoms with Crippen LogP contribution in [0.4, 0.5) is 0 Å². The van der Waals surface area contributed by atoms with Gasteiger partial charge in [-0.05, 0) is 26.9 Å². The fourth-order valence-corrected chi connectivity index (χ4v) is 0. The Morgan fingerprint density at radius 1 is 1.22 bits per heavy atom. The lowest BCUT2D eigenvalue weighted by Crippen LogP contribution is -2.01. The second-order valence-electron chi connectivity index (χ2n) is 1.21. The first-order chi connectivity index (χ1) is 4.33. The smallest absolute Gasteiger partial charge is 0.00804 e. The molecule has 0 aromatic heterocycles. The Balaban J connectivity index is -0.0000000646. The predicted octanol–water partition coefficient (Wildman–Crippen LogP) is 2.18. The lowest BCUT2D eigenvalue weighted by Gasteiger charge is -1.76. The molecule has 0 unspecified atom stereocenters. The lowest BCUT2D eigenvalue weighted by atomic mass is 10.8. The molecular weight excluding hydrogens is 129 g/mol. The molecule has 1 nitrogen and oxygen atoms in total. The van der Waals surface area contributed by atoms with E-state index < -0.39 is 0 Å². The molecule has 1 N–H and O–H groups in total. The first-order valence-electron chi connectivity index (χ1n) is 3.56. The van der Waals surface area contributed by atoms with E-state index in [1.807, 2.05) is 20.9 Å². The number of hydrogen-bond acceptors (Lipinski definition) is 1. The van der Waals surface area contributed by atoms with E-state index in [0.29, 0.717) is 0 Å². The van der Waals surface area contributed by atoms with Crippen LogP contribution in [-0.2, 0) is 0 Å². The van der Waals surface area contributed by atoms with E-state index in [9.17, 15) is 0 Å². The van der Waals surface area contributed by atoms with E-state index in [1.54, 1.807) is 0 Å². The molecular formula is C7H22NP. The van der Waals surface area contributed by atoms with Gasteiger partial charge >= 0.3 is 0 Å². The Labute approximate surface area is 62.4 Å². The second-order valence-corrected chi connectivity index (χ2v) is 2.21. The topological polar surface area (TPSA) is 12.0 Å². The van der Waals surface area contributed by atoms with Gasteiger partial charge in [0.15, 0.2) is 0 Å². The third kappa shape index (κ3) is 177. The van der Waals surface area contributed by atoms with Crippen LogP contribution in [0.2, 0.25) is 0 Å². The average Bonchev–Trinajstić information content (AvgIpc) is 1.94. The fourth-order valence-electron chi connectivity index (χ4n) is 0. The molecule has 0 aliphatic carbocycles. The van der Waals surface area contributed by atoms with Gasteiger partial charge in [-0.2, -0.15) is 0 Å².